The monoisotopic (exact) mass is 162 g/mol. The first-order valence-electron chi connectivity index (χ1n) is 3.53. The van der Waals surface area contributed by atoms with Crippen LogP contribution in [-0.4, -0.2) is 10.9 Å². The van der Waals surface area contributed by atoms with Gasteiger partial charge in [0, 0.05) is 12.4 Å². The third kappa shape index (κ3) is 1.34. The fourth-order valence-corrected chi connectivity index (χ4v) is 0.995. The molecule has 0 atom stereocenters. The molecule has 62 valence electrons. The van der Waals surface area contributed by atoms with E-state index in [9.17, 15) is 4.79 Å². The molecule has 0 aliphatic carbocycles. The zero-order chi connectivity index (χ0) is 9.14. The standard InChI is InChI=1S/C9H10N2O/c1-3-7-4-11-5-8(6(7)2)9(10)12/h3-5H,1H2,2H3,(H2,10,12). The summed E-state index contributed by atoms with van der Waals surface area (Å²) >= 11 is 0. The van der Waals surface area contributed by atoms with E-state index < -0.39 is 5.91 Å². The van der Waals surface area contributed by atoms with E-state index in [-0.39, 0.29) is 0 Å². The van der Waals surface area contributed by atoms with Gasteiger partial charge in [-0.1, -0.05) is 12.7 Å². The van der Waals surface area contributed by atoms with Gasteiger partial charge in [-0.3, -0.25) is 9.78 Å². The van der Waals surface area contributed by atoms with Gasteiger partial charge < -0.3 is 5.73 Å². The lowest BCUT2D eigenvalue weighted by atomic mass is 10.1. The summed E-state index contributed by atoms with van der Waals surface area (Å²) in [6.07, 6.45) is 4.76. The van der Waals surface area contributed by atoms with Gasteiger partial charge >= 0.3 is 0 Å². The summed E-state index contributed by atoms with van der Waals surface area (Å²) in [4.78, 5) is 14.7. The Hall–Kier alpha value is -1.64. The molecule has 12 heavy (non-hydrogen) atoms. The van der Waals surface area contributed by atoms with Crippen molar-refractivity contribution in [1.82, 2.24) is 4.98 Å². The first-order valence-corrected chi connectivity index (χ1v) is 3.53. The van der Waals surface area contributed by atoms with Gasteiger partial charge in [0.2, 0.25) is 0 Å². The average Bonchev–Trinajstić information content (AvgIpc) is 2.04. The molecular weight excluding hydrogens is 152 g/mol. The molecule has 1 heterocycles. The third-order valence-corrected chi connectivity index (χ3v) is 1.74. The molecule has 0 unspecified atom stereocenters. The van der Waals surface area contributed by atoms with E-state index in [1.165, 1.54) is 6.20 Å². The molecule has 0 spiro atoms. The molecule has 3 nitrogen and oxygen atoms in total. The molecule has 0 aliphatic rings. The number of carbonyl (C=O) groups excluding carboxylic acids is 1. The third-order valence-electron chi connectivity index (χ3n) is 1.74. The van der Waals surface area contributed by atoms with Crippen LogP contribution >= 0.6 is 0 Å². The van der Waals surface area contributed by atoms with Crippen LogP contribution in [-0.2, 0) is 0 Å². The largest absolute Gasteiger partial charge is 0.366 e. The second-order valence-corrected chi connectivity index (χ2v) is 2.47. The smallest absolute Gasteiger partial charge is 0.250 e. The van der Waals surface area contributed by atoms with E-state index >= 15 is 0 Å². The van der Waals surface area contributed by atoms with Crippen LogP contribution in [0.3, 0.4) is 0 Å². The zero-order valence-corrected chi connectivity index (χ0v) is 6.87. The Bertz CT molecular complexity index is 331. The van der Waals surface area contributed by atoms with Crippen molar-refractivity contribution in [3.05, 3.63) is 35.7 Å². The van der Waals surface area contributed by atoms with Crippen molar-refractivity contribution < 1.29 is 4.79 Å². The van der Waals surface area contributed by atoms with E-state index in [1.54, 1.807) is 12.3 Å². The number of aromatic nitrogens is 1. The molecule has 0 aliphatic heterocycles. The van der Waals surface area contributed by atoms with Crippen molar-refractivity contribution in [3.8, 4) is 0 Å². The van der Waals surface area contributed by atoms with E-state index in [2.05, 4.69) is 11.6 Å². The molecule has 1 amide bonds. The zero-order valence-electron chi connectivity index (χ0n) is 6.87. The first kappa shape index (κ1) is 8.46. The Morgan fingerprint density at radius 2 is 2.33 bits per heavy atom. The number of amides is 1. The summed E-state index contributed by atoms with van der Waals surface area (Å²) < 4.78 is 0. The van der Waals surface area contributed by atoms with E-state index in [4.69, 9.17) is 5.73 Å². The summed E-state index contributed by atoms with van der Waals surface area (Å²) in [5.41, 5.74) is 7.24. The van der Waals surface area contributed by atoms with Gasteiger partial charge in [0.05, 0.1) is 5.56 Å². The van der Waals surface area contributed by atoms with Crippen LogP contribution in [0.4, 0.5) is 0 Å². The van der Waals surface area contributed by atoms with Crippen LogP contribution in [0.5, 0.6) is 0 Å². The van der Waals surface area contributed by atoms with E-state index in [0.717, 1.165) is 11.1 Å². The van der Waals surface area contributed by atoms with Crippen molar-refractivity contribution in [3.63, 3.8) is 0 Å². The van der Waals surface area contributed by atoms with Crippen LogP contribution in [0.2, 0.25) is 0 Å². The van der Waals surface area contributed by atoms with Crippen LogP contribution in [0, 0.1) is 6.92 Å². The van der Waals surface area contributed by atoms with Crippen LogP contribution in [0.15, 0.2) is 19.0 Å². The molecule has 0 saturated carbocycles. The predicted molar refractivity (Wildman–Crippen MR) is 47.6 cm³/mol. The Balaban J connectivity index is 3.32. The minimum Gasteiger partial charge on any atom is -0.366 e. The van der Waals surface area contributed by atoms with Gasteiger partial charge in [-0.25, -0.2) is 0 Å². The quantitative estimate of drug-likeness (QED) is 0.708. The van der Waals surface area contributed by atoms with Crippen molar-refractivity contribution in [2.75, 3.05) is 0 Å². The number of primary amides is 1. The molecule has 3 heteroatoms. The van der Waals surface area contributed by atoms with Crippen molar-refractivity contribution in [1.29, 1.82) is 0 Å². The van der Waals surface area contributed by atoms with Gasteiger partial charge in [-0.15, -0.1) is 0 Å². The molecule has 0 fully saturated rings. The topological polar surface area (TPSA) is 56.0 Å². The summed E-state index contributed by atoms with van der Waals surface area (Å²) in [5, 5.41) is 0. The maximum atomic E-state index is 10.8. The maximum absolute atomic E-state index is 10.8. The highest BCUT2D eigenvalue weighted by Crippen LogP contribution is 2.11. The van der Waals surface area contributed by atoms with Crippen molar-refractivity contribution in [2.24, 2.45) is 5.73 Å². The molecule has 0 aromatic carbocycles. The van der Waals surface area contributed by atoms with E-state index in [1.807, 2.05) is 6.92 Å². The SMILES string of the molecule is C=Cc1cncc(C(N)=O)c1C. The number of pyridine rings is 1. The number of nitrogens with two attached hydrogens (primary N) is 1. The van der Waals surface area contributed by atoms with E-state index in [0.29, 0.717) is 5.56 Å². The second kappa shape index (κ2) is 3.17. The number of hydrogen-bond donors (Lipinski definition) is 1. The average molecular weight is 162 g/mol. The van der Waals surface area contributed by atoms with Gasteiger partial charge in [-0.2, -0.15) is 0 Å². The van der Waals surface area contributed by atoms with Crippen molar-refractivity contribution in [2.45, 2.75) is 6.92 Å². The molecule has 2 N–H and O–H groups in total. The fourth-order valence-electron chi connectivity index (χ4n) is 0.995. The molecular formula is C9H10N2O. The Morgan fingerprint density at radius 1 is 1.67 bits per heavy atom. The lowest BCUT2D eigenvalue weighted by Gasteiger charge is -2.03. The van der Waals surface area contributed by atoms with Crippen LogP contribution in [0.1, 0.15) is 21.5 Å². The first-order chi connectivity index (χ1) is 5.66. The molecule has 0 bridgehead atoms. The van der Waals surface area contributed by atoms with Gasteiger partial charge in [0.25, 0.3) is 5.91 Å². The summed E-state index contributed by atoms with van der Waals surface area (Å²) in [6.45, 7) is 5.42. The highest BCUT2D eigenvalue weighted by molar-refractivity contribution is 5.94. The molecule has 1 aromatic rings. The lowest BCUT2D eigenvalue weighted by Crippen LogP contribution is -2.13. The Labute approximate surface area is 70.9 Å². The van der Waals surface area contributed by atoms with Crippen LogP contribution in [0.25, 0.3) is 6.08 Å². The number of nitrogens with zero attached hydrogens (tertiary/aromatic N) is 1. The summed E-state index contributed by atoms with van der Waals surface area (Å²) in [5.74, 6) is -0.455. The molecule has 0 saturated heterocycles. The second-order valence-electron chi connectivity index (χ2n) is 2.47. The highest BCUT2D eigenvalue weighted by Gasteiger charge is 2.06. The number of rotatable bonds is 2. The normalized spacial score (nSPS) is 9.42. The van der Waals surface area contributed by atoms with Crippen LogP contribution < -0.4 is 5.73 Å². The molecule has 1 rings (SSSR count). The molecule has 1 aromatic heterocycles. The van der Waals surface area contributed by atoms with Crippen molar-refractivity contribution >= 4 is 12.0 Å². The van der Waals surface area contributed by atoms with Gasteiger partial charge in [-0.05, 0) is 18.1 Å². The maximum Gasteiger partial charge on any atom is 0.250 e. The summed E-state index contributed by atoms with van der Waals surface area (Å²) in [6, 6.07) is 0. The lowest BCUT2D eigenvalue weighted by molar-refractivity contribution is 0.0999. The predicted octanol–water partition coefficient (Wildman–Crippen LogP) is 1.13. The number of hydrogen-bond acceptors (Lipinski definition) is 2. The fraction of sp³-hybridized carbons (Fsp3) is 0.111. The van der Waals surface area contributed by atoms with Gasteiger partial charge in [0.15, 0.2) is 0 Å². The Morgan fingerprint density at radius 3 is 2.83 bits per heavy atom. The Kier molecular flexibility index (Phi) is 2.24. The number of carbonyl (C=O) groups is 1. The molecule has 0 radical (unpaired) electrons. The van der Waals surface area contributed by atoms with Gasteiger partial charge in [0.1, 0.15) is 0 Å². The summed E-state index contributed by atoms with van der Waals surface area (Å²) in [7, 11) is 0. The minimum atomic E-state index is -0.455. The highest BCUT2D eigenvalue weighted by atomic mass is 16.1. The minimum absolute atomic E-state index is 0.451.